The van der Waals surface area contributed by atoms with Crippen LogP contribution < -0.4 is 10.6 Å². The number of hydrogen-bond donors (Lipinski definition) is 2. The molecule has 4 nitrogen and oxygen atoms in total. The van der Waals surface area contributed by atoms with E-state index in [1.165, 1.54) is 12.2 Å². The molecule has 0 aromatic rings. The van der Waals surface area contributed by atoms with Crippen LogP contribution in [0.5, 0.6) is 0 Å². The molecule has 1 amide bonds. The van der Waals surface area contributed by atoms with Gasteiger partial charge in [-0.1, -0.05) is 0 Å². The SMILES string of the molecule is CC(C)NC(=O)CCNC1CCOC2(CCSC2)C1. The summed E-state index contributed by atoms with van der Waals surface area (Å²) in [6.45, 7) is 5.61. The Kier molecular flexibility index (Phi) is 5.54. The number of ether oxygens (including phenoxy) is 1. The van der Waals surface area contributed by atoms with E-state index in [-0.39, 0.29) is 17.6 Å². The Bertz CT molecular complexity index is 304. The molecule has 0 aliphatic carbocycles. The molecular formula is C14H26N2O2S. The molecule has 0 saturated carbocycles. The molecule has 2 saturated heterocycles. The third kappa shape index (κ3) is 4.65. The largest absolute Gasteiger partial charge is 0.374 e. The van der Waals surface area contributed by atoms with E-state index in [1.807, 2.05) is 25.6 Å². The van der Waals surface area contributed by atoms with Crippen molar-refractivity contribution in [3.63, 3.8) is 0 Å². The van der Waals surface area contributed by atoms with Gasteiger partial charge in [0.25, 0.3) is 0 Å². The molecule has 2 atom stereocenters. The fourth-order valence-electron chi connectivity index (χ4n) is 2.85. The van der Waals surface area contributed by atoms with E-state index < -0.39 is 0 Å². The maximum Gasteiger partial charge on any atom is 0.221 e. The first-order chi connectivity index (χ1) is 9.10. The van der Waals surface area contributed by atoms with Crippen LogP contribution in [0, 0.1) is 0 Å². The summed E-state index contributed by atoms with van der Waals surface area (Å²) in [6.07, 6.45) is 3.92. The zero-order valence-electron chi connectivity index (χ0n) is 12.0. The second-order valence-corrected chi connectivity index (χ2v) is 7.06. The van der Waals surface area contributed by atoms with E-state index in [9.17, 15) is 4.79 Å². The van der Waals surface area contributed by atoms with Crippen LogP contribution in [0.2, 0.25) is 0 Å². The molecule has 2 heterocycles. The average Bonchev–Trinajstić information content (AvgIpc) is 2.76. The molecule has 2 fully saturated rings. The van der Waals surface area contributed by atoms with Gasteiger partial charge in [0.15, 0.2) is 0 Å². The second-order valence-electron chi connectivity index (χ2n) is 5.95. The van der Waals surface area contributed by atoms with Crippen molar-refractivity contribution in [2.45, 2.75) is 57.2 Å². The number of rotatable bonds is 5. The number of carbonyl (C=O) groups is 1. The number of carbonyl (C=O) groups excluding carboxylic acids is 1. The molecule has 0 aromatic carbocycles. The van der Waals surface area contributed by atoms with E-state index in [4.69, 9.17) is 4.74 Å². The lowest BCUT2D eigenvalue weighted by atomic mass is 9.90. The highest BCUT2D eigenvalue weighted by Crippen LogP contribution is 2.38. The highest BCUT2D eigenvalue weighted by Gasteiger charge is 2.40. The predicted octanol–water partition coefficient (Wildman–Crippen LogP) is 1.55. The lowest BCUT2D eigenvalue weighted by molar-refractivity contribution is -0.121. The summed E-state index contributed by atoms with van der Waals surface area (Å²) in [7, 11) is 0. The lowest BCUT2D eigenvalue weighted by Crippen LogP contribution is -2.47. The van der Waals surface area contributed by atoms with Gasteiger partial charge in [0.2, 0.25) is 5.91 Å². The van der Waals surface area contributed by atoms with Crippen molar-refractivity contribution >= 4 is 17.7 Å². The number of hydrogen-bond acceptors (Lipinski definition) is 4. The first-order valence-electron chi connectivity index (χ1n) is 7.34. The van der Waals surface area contributed by atoms with E-state index >= 15 is 0 Å². The molecule has 0 bridgehead atoms. The summed E-state index contributed by atoms with van der Waals surface area (Å²) in [5, 5.41) is 6.45. The van der Waals surface area contributed by atoms with Crippen molar-refractivity contribution in [3.05, 3.63) is 0 Å². The Balaban J connectivity index is 1.67. The maximum atomic E-state index is 11.6. The zero-order chi connectivity index (χ0) is 13.7. The molecule has 110 valence electrons. The Morgan fingerprint density at radius 3 is 3.05 bits per heavy atom. The summed E-state index contributed by atoms with van der Waals surface area (Å²) in [4.78, 5) is 11.6. The summed E-state index contributed by atoms with van der Waals surface area (Å²) in [6, 6.07) is 0.744. The normalized spacial score (nSPS) is 31.0. The van der Waals surface area contributed by atoms with Crippen LogP contribution in [0.25, 0.3) is 0 Å². The third-order valence-electron chi connectivity index (χ3n) is 3.79. The van der Waals surface area contributed by atoms with Crippen molar-refractivity contribution in [2.75, 3.05) is 24.7 Å². The van der Waals surface area contributed by atoms with E-state index in [0.29, 0.717) is 12.5 Å². The summed E-state index contributed by atoms with van der Waals surface area (Å²) < 4.78 is 6.00. The topological polar surface area (TPSA) is 50.4 Å². The molecule has 2 N–H and O–H groups in total. The van der Waals surface area contributed by atoms with Crippen LogP contribution in [0.15, 0.2) is 0 Å². The molecule has 1 spiro atoms. The molecule has 2 rings (SSSR count). The Labute approximate surface area is 120 Å². The second kappa shape index (κ2) is 6.95. The third-order valence-corrected chi connectivity index (χ3v) is 5.02. The van der Waals surface area contributed by atoms with Gasteiger partial charge in [-0.05, 0) is 38.9 Å². The number of thioether (sulfide) groups is 1. The van der Waals surface area contributed by atoms with Gasteiger partial charge in [-0.3, -0.25) is 4.79 Å². The molecule has 19 heavy (non-hydrogen) atoms. The Morgan fingerprint density at radius 2 is 2.37 bits per heavy atom. The van der Waals surface area contributed by atoms with Crippen LogP contribution in [0.1, 0.15) is 39.5 Å². The molecule has 0 radical (unpaired) electrons. The molecule has 5 heteroatoms. The summed E-state index contributed by atoms with van der Waals surface area (Å²) in [5.74, 6) is 2.50. The Morgan fingerprint density at radius 1 is 1.53 bits per heavy atom. The van der Waals surface area contributed by atoms with Gasteiger partial charge in [-0.25, -0.2) is 0 Å². The van der Waals surface area contributed by atoms with Crippen molar-refractivity contribution in [2.24, 2.45) is 0 Å². The fraction of sp³-hybridized carbons (Fsp3) is 0.929. The van der Waals surface area contributed by atoms with Gasteiger partial charge in [-0.2, -0.15) is 11.8 Å². The number of nitrogens with one attached hydrogen (secondary N) is 2. The van der Waals surface area contributed by atoms with Crippen molar-refractivity contribution < 1.29 is 9.53 Å². The molecule has 2 aliphatic heterocycles. The highest BCUT2D eigenvalue weighted by molar-refractivity contribution is 7.99. The van der Waals surface area contributed by atoms with Gasteiger partial charge >= 0.3 is 0 Å². The standard InChI is InChI=1S/C14H26N2O2S/c1-11(2)16-13(17)3-6-15-12-4-7-18-14(9-12)5-8-19-10-14/h11-12,15H,3-10H2,1-2H3,(H,16,17). The quantitative estimate of drug-likeness (QED) is 0.805. The van der Waals surface area contributed by atoms with Crippen LogP contribution in [0.3, 0.4) is 0 Å². The predicted molar refractivity (Wildman–Crippen MR) is 79.5 cm³/mol. The van der Waals surface area contributed by atoms with Gasteiger partial charge in [0, 0.05) is 37.4 Å². The first kappa shape index (κ1) is 15.1. The van der Waals surface area contributed by atoms with Gasteiger partial charge in [-0.15, -0.1) is 0 Å². The maximum absolute atomic E-state index is 11.6. The fourth-order valence-corrected chi connectivity index (χ4v) is 4.23. The van der Waals surface area contributed by atoms with E-state index in [1.54, 1.807) is 0 Å². The molecule has 2 unspecified atom stereocenters. The number of amides is 1. The minimum atomic E-state index is 0.126. The average molecular weight is 286 g/mol. The minimum Gasteiger partial charge on any atom is -0.374 e. The monoisotopic (exact) mass is 286 g/mol. The first-order valence-corrected chi connectivity index (χ1v) is 8.50. The zero-order valence-corrected chi connectivity index (χ0v) is 12.9. The van der Waals surface area contributed by atoms with Gasteiger partial charge in [0.1, 0.15) is 0 Å². The van der Waals surface area contributed by atoms with Crippen LogP contribution in [-0.4, -0.2) is 48.2 Å². The minimum absolute atomic E-state index is 0.126. The van der Waals surface area contributed by atoms with Crippen LogP contribution in [-0.2, 0) is 9.53 Å². The van der Waals surface area contributed by atoms with E-state index in [0.717, 1.165) is 31.7 Å². The van der Waals surface area contributed by atoms with Gasteiger partial charge < -0.3 is 15.4 Å². The lowest BCUT2D eigenvalue weighted by Gasteiger charge is -2.38. The molecule has 2 aliphatic rings. The van der Waals surface area contributed by atoms with Crippen molar-refractivity contribution in [3.8, 4) is 0 Å². The smallest absolute Gasteiger partial charge is 0.221 e. The molecular weight excluding hydrogens is 260 g/mol. The molecule has 0 aromatic heterocycles. The summed E-state index contributed by atoms with van der Waals surface area (Å²) >= 11 is 2.00. The van der Waals surface area contributed by atoms with Crippen molar-refractivity contribution in [1.82, 2.24) is 10.6 Å². The van der Waals surface area contributed by atoms with Crippen LogP contribution in [0.4, 0.5) is 0 Å². The van der Waals surface area contributed by atoms with Crippen LogP contribution >= 0.6 is 11.8 Å². The highest BCUT2D eigenvalue weighted by atomic mass is 32.2. The van der Waals surface area contributed by atoms with Gasteiger partial charge in [0.05, 0.1) is 5.60 Å². The van der Waals surface area contributed by atoms with E-state index in [2.05, 4.69) is 10.6 Å². The summed E-state index contributed by atoms with van der Waals surface area (Å²) in [5.41, 5.74) is 0.126. The Hall–Kier alpha value is -0.260. The van der Waals surface area contributed by atoms with Crippen molar-refractivity contribution in [1.29, 1.82) is 0 Å².